The van der Waals surface area contributed by atoms with Crippen LogP contribution in [-0.4, -0.2) is 11.0 Å². The number of carbonyl (C=O) groups excluding carboxylic acids is 1. The topological polar surface area (TPSA) is 52.3 Å². The molecule has 0 N–H and O–H groups in total. The lowest BCUT2D eigenvalue weighted by Gasteiger charge is -2.03. The van der Waals surface area contributed by atoms with E-state index in [9.17, 15) is 4.79 Å². The maximum absolute atomic E-state index is 12.3. The minimum atomic E-state index is -0.488. The first kappa shape index (κ1) is 14.7. The number of hydrogen-bond acceptors (Lipinski definition) is 5. The average Bonchev–Trinajstić information content (AvgIpc) is 3.27. The Bertz CT molecular complexity index is 955. The highest BCUT2D eigenvalue weighted by Crippen LogP contribution is 2.26. The molecule has 0 unspecified atom stereocenters. The molecule has 4 nitrogen and oxygen atoms in total. The molecular weight excluding hydrogens is 322 g/mol. The van der Waals surface area contributed by atoms with Crippen molar-refractivity contribution in [3.63, 3.8) is 0 Å². The lowest BCUT2D eigenvalue weighted by Crippen LogP contribution is -2.05. The van der Waals surface area contributed by atoms with Gasteiger partial charge >= 0.3 is 5.97 Å². The molecule has 0 spiro atoms. The molecule has 0 radical (unpaired) electrons. The highest BCUT2D eigenvalue weighted by atomic mass is 32.1. The quantitative estimate of drug-likeness (QED) is 0.497. The molecule has 0 fully saturated rings. The van der Waals surface area contributed by atoms with Crippen LogP contribution in [0.3, 0.4) is 0 Å². The first-order chi connectivity index (χ1) is 11.8. The second kappa shape index (κ2) is 6.29. The molecule has 0 aliphatic heterocycles. The third-order valence-corrected chi connectivity index (χ3v) is 4.61. The molecule has 0 saturated carbocycles. The number of rotatable bonds is 4. The number of esters is 1. The Kier molecular flexibility index (Phi) is 3.84. The summed E-state index contributed by atoms with van der Waals surface area (Å²) >= 11 is 1.52. The molecule has 4 rings (SSSR count). The Labute approximate surface area is 142 Å². The number of hydrogen-bond donors (Lipinski definition) is 0. The van der Waals surface area contributed by atoms with Crippen molar-refractivity contribution in [3.05, 3.63) is 77.7 Å². The van der Waals surface area contributed by atoms with Gasteiger partial charge < -0.3 is 9.15 Å². The number of furan rings is 1. The molecule has 0 aliphatic carbocycles. The number of nitrogens with zero attached hydrogens (tertiary/aromatic N) is 1. The van der Waals surface area contributed by atoms with Gasteiger partial charge in [-0.2, -0.15) is 0 Å². The number of fused-ring (bicyclic) bond motifs is 1. The summed E-state index contributed by atoms with van der Waals surface area (Å²) in [6, 6.07) is 19.2. The Hall–Kier alpha value is -2.92. The molecule has 0 bridgehead atoms. The van der Waals surface area contributed by atoms with Crippen molar-refractivity contribution in [1.29, 1.82) is 0 Å². The Morgan fingerprint density at radius 2 is 1.83 bits per heavy atom. The molecule has 5 heteroatoms. The van der Waals surface area contributed by atoms with Gasteiger partial charge in [0.25, 0.3) is 0 Å². The fourth-order valence-electron chi connectivity index (χ4n) is 2.49. The van der Waals surface area contributed by atoms with Gasteiger partial charge in [0.1, 0.15) is 11.6 Å². The van der Waals surface area contributed by atoms with Gasteiger partial charge in [-0.1, -0.05) is 42.5 Å². The van der Waals surface area contributed by atoms with Crippen molar-refractivity contribution in [2.45, 2.75) is 6.61 Å². The fraction of sp³-hybridized carbons (Fsp3) is 0.0526. The summed E-state index contributed by atoms with van der Waals surface area (Å²) in [7, 11) is 0. The van der Waals surface area contributed by atoms with Gasteiger partial charge in [-0.15, -0.1) is 11.3 Å². The van der Waals surface area contributed by atoms with Crippen molar-refractivity contribution >= 4 is 27.5 Å². The zero-order chi connectivity index (χ0) is 16.4. The first-order valence-electron chi connectivity index (χ1n) is 7.46. The van der Waals surface area contributed by atoms with E-state index in [1.54, 1.807) is 6.07 Å². The van der Waals surface area contributed by atoms with E-state index in [0.717, 1.165) is 26.4 Å². The number of benzene rings is 2. The lowest BCUT2D eigenvalue weighted by atomic mass is 10.1. The normalized spacial score (nSPS) is 10.8. The number of aromatic nitrogens is 1. The van der Waals surface area contributed by atoms with Crippen molar-refractivity contribution in [1.82, 2.24) is 4.98 Å². The summed E-state index contributed by atoms with van der Waals surface area (Å²) in [5, 5.41) is 0.761. The third kappa shape index (κ3) is 2.81. The van der Waals surface area contributed by atoms with Gasteiger partial charge in [0.2, 0.25) is 5.76 Å². The summed E-state index contributed by atoms with van der Waals surface area (Å²) in [6.07, 6.45) is 1.50. The zero-order valence-electron chi connectivity index (χ0n) is 12.6. The van der Waals surface area contributed by atoms with Crippen molar-refractivity contribution in [3.8, 4) is 11.1 Å². The van der Waals surface area contributed by atoms with Crippen LogP contribution in [0.2, 0.25) is 0 Å². The zero-order valence-corrected chi connectivity index (χ0v) is 13.5. The second-order valence-electron chi connectivity index (χ2n) is 5.18. The molecule has 2 aromatic heterocycles. The number of carbonyl (C=O) groups is 1. The highest BCUT2D eigenvalue weighted by molar-refractivity contribution is 7.18. The Morgan fingerprint density at radius 3 is 2.67 bits per heavy atom. The Morgan fingerprint density at radius 1 is 1.04 bits per heavy atom. The summed E-state index contributed by atoms with van der Waals surface area (Å²) in [5.41, 5.74) is 2.56. The van der Waals surface area contributed by atoms with Crippen LogP contribution in [0.25, 0.3) is 21.3 Å². The fourth-order valence-corrected chi connectivity index (χ4v) is 3.37. The smallest absolute Gasteiger partial charge is 0.375 e. The van der Waals surface area contributed by atoms with E-state index in [4.69, 9.17) is 9.15 Å². The van der Waals surface area contributed by atoms with Gasteiger partial charge in [0.15, 0.2) is 0 Å². The first-order valence-corrected chi connectivity index (χ1v) is 8.27. The maximum Gasteiger partial charge on any atom is 0.375 e. The molecule has 0 saturated heterocycles. The van der Waals surface area contributed by atoms with Crippen LogP contribution in [0.4, 0.5) is 0 Å². The predicted octanol–water partition coefficient (Wildman–Crippen LogP) is 4.91. The highest BCUT2D eigenvalue weighted by Gasteiger charge is 2.18. The summed E-state index contributed by atoms with van der Waals surface area (Å²) in [4.78, 5) is 16.8. The number of para-hydroxylation sites is 1. The minimum absolute atomic E-state index is 0.132. The molecular formula is C19H13NO3S. The van der Waals surface area contributed by atoms with E-state index in [-0.39, 0.29) is 12.4 Å². The number of thiazole rings is 1. The van der Waals surface area contributed by atoms with Crippen LogP contribution >= 0.6 is 11.3 Å². The molecule has 0 atom stereocenters. The van der Waals surface area contributed by atoms with E-state index in [1.165, 1.54) is 17.6 Å². The van der Waals surface area contributed by atoms with Gasteiger partial charge in [-0.05, 0) is 23.8 Å². The van der Waals surface area contributed by atoms with Crippen LogP contribution in [0, 0.1) is 0 Å². The molecule has 0 aliphatic rings. The van der Waals surface area contributed by atoms with Gasteiger partial charge in [0, 0.05) is 5.56 Å². The van der Waals surface area contributed by atoms with E-state index in [1.807, 2.05) is 54.6 Å². The van der Waals surface area contributed by atoms with Crippen LogP contribution in [0.15, 0.2) is 71.3 Å². The van der Waals surface area contributed by atoms with E-state index in [2.05, 4.69) is 4.98 Å². The minimum Gasteiger partial charge on any atom is -0.457 e. The lowest BCUT2D eigenvalue weighted by molar-refractivity contribution is 0.0437. The van der Waals surface area contributed by atoms with E-state index < -0.39 is 5.97 Å². The second-order valence-corrected chi connectivity index (χ2v) is 6.30. The molecule has 24 heavy (non-hydrogen) atoms. The van der Waals surface area contributed by atoms with Crippen molar-refractivity contribution < 1.29 is 13.9 Å². The predicted molar refractivity (Wildman–Crippen MR) is 92.9 cm³/mol. The summed E-state index contributed by atoms with van der Waals surface area (Å²) in [6.45, 7) is 0.132. The molecule has 4 aromatic rings. The molecule has 0 amide bonds. The van der Waals surface area contributed by atoms with Crippen LogP contribution in [0.5, 0.6) is 0 Å². The van der Waals surface area contributed by atoms with Crippen molar-refractivity contribution in [2.24, 2.45) is 0 Å². The van der Waals surface area contributed by atoms with Crippen LogP contribution < -0.4 is 0 Å². The van der Waals surface area contributed by atoms with Gasteiger partial charge in [-0.3, -0.25) is 0 Å². The van der Waals surface area contributed by atoms with Crippen LogP contribution in [-0.2, 0) is 11.3 Å². The number of ether oxygens (including phenoxy) is 1. The summed E-state index contributed by atoms with van der Waals surface area (Å²) in [5.74, 6) is -0.277. The SMILES string of the molecule is O=C(OCc1nc2ccccc2s1)c1occc1-c1ccccc1. The van der Waals surface area contributed by atoms with E-state index in [0.29, 0.717) is 0 Å². The Balaban J connectivity index is 1.52. The largest absolute Gasteiger partial charge is 0.457 e. The van der Waals surface area contributed by atoms with Gasteiger partial charge in [-0.25, -0.2) is 9.78 Å². The van der Waals surface area contributed by atoms with Crippen LogP contribution in [0.1, 0.15) is 15.6 Å². The van der Waals surface area contributed by atoms with E-state index >= 15 is 0 Å². The molecule has 2 aromatic carbocycles. The van der Waals surface area contributed by atoms with Gasteiger partial charge in [0.05, 0.1) is 16.5 Å². The molecule has 2 heterocycles. The monoisotopic (exact) mass is 335 g/mol. The average molecular weight is 335 g/mol. The summed E-state index contributed by atoms with van der Waals surface area (Å²) < 4.78 is 11.8. The maximum atomic E-state index is 12.3. The third-order valence-electron chi connectivity index (χ3n) is 3.60. The molecule has 118 valence electrons. The van der Waals surface area contributed by atoms with Crippen molar-refractivity contribution in [2.75, 3.05) is 0 Å². The standard InChI is InChI=1S/C19H13NO3S/c21-19(18-14(10-11-22-18)13-6-2-1-3-7-13)23-12-17-20-15-8-4-5-9-16(15)24-17/h1-11H,12H2.